The van der Waals surface area contributed by atoms with Crippen LogP contribution in [0, 0.1) is 36.5 Å². The van der Waals surface area contributed by atoms with Gasteiger partial charge in [-0.1, -0.05) is 105 Å². The normalized spacial score (nSPS) is 18.9. The van der Waals surface area contributed by atoms with Crippen molar-refractivity contribution in [1.29, 1.82) is 0 Å². The van der Waals surface area contributed by atoms with Gasteiger partial charge in [-0.15, -0.1) is 0 Å². The summed E-state index contributed by atoms with van der Waals surface area (Å²) in [6, 6.07) is 23.9. The van der Waals surface area contributed by atoms with Crippen LogP contribution in [0.2, 0.25) is 5.02 Å². The standard InChI is InChI=1S/C34H39ClO2/c1-5-28(30(17-11-22(2)3)33(36)25-14-12-23(4)13-15-25)31-21-26-20-27(35)16-18-29(26)34(37)32(31)19-24-9-7-6-8-10-24/h6-10,12-16,18,20,22,28,30-32H,5,11,17,19,21H2,1-4H3. The first-order valence-electron chi connectivity index (χ1n) is 13.8. The molecule has 4 atom stereocenters. The molecule has 0 saturated carbocycles. The Kier molecular flexibility index (Phi) is 9.03. The molecule has 0 bridgehead atoms. The summed E-state index contributed by atoms with van der Waals surface area (Å²) < 4.78 is 0. The van der Waals surface area contributed by atoms with Gasteiger partial charge < -0.3 is 0 Å². The van der Waals surface area contributed by atoms with Crippen molar-refractivity contribution < 1.29 is 9.59 Å². The fraction of sp³-hybridized carbons (Fsp3) is 0.412. The molecule has 0 aliphatic heterocycles. The molecule has 0 amide bonds. The number of hydrogen-bond acceptors (Lipinski definition) is 2. The molecule has 0 saturated heterocycles. The Morgan fingerprint density at radius 1 is 0.973 bits per heavy atom. The molecule has 1 aliphatic rings. The molecule has 194 valence electrons. The monoisotopic (exact) mass is 514 g/mol. The van der Waals surface area contributed by atoms with E-state index in [1.54, 1.807) is 0 Å². The Morgan fingerprint density at radius 3 is 2.32 bits per heavy atom. The number of fused-ring (bicyclic) bond motifs is 1. The Bertz CT molecular complexity index is 1210. The molecule has 0 fully saturated rings. The zero-order chi connectivity index (χ0) is 26.5. The van der Waals surface area contributed by atoms with E-state index in [1.165, 1.54) is 5.56 Å². The first-order chi connectivity index (χ1) is 17.8. The van der Waals surface area contributed by atoms with Crippen LogP contribution in [0.1, 0.15) is 77.4 Å². The van der Waals surface area contributed by atoms with E-state index >= 15 is 0 Å². The van der Waals surface area contributed by atoms with Crippen molar-refractivity contribution in [3.8, 4) is 0 Å². The highest BCUT2D eigenvalue weighted by Gasteiger charge is 2.43. The second-order valence-electron chi connectivity index (χ2n) is 11.2. The molecule has 0 aromatic heterocycles. The van der Waals surface area contributed by atoms with Crippen LogP contribution in [-0.4, -0.2) is 11.6 Å². The van der Waals surface area contributed by atoms with E-state index < -0.39 is 0 Å². The smallest absolute Gasteiger partial charge is 0.166 e. The van der Waals surface area contributed by atoms with Crippen LogP contribution in [0.3, 0.4) is 0 Å². The lowest BCUT2D eigenvalue weighted by Crippen LogP contribution is -2.41. The summed E-state index contributed by atoms with van der Waals surface area (Å²) in [5, 5.41) is 0.659. The summed E-state index contributed by atoms with van der Waals surface area (Å²) in [5.41, 5.74) is 4.91. The number of hydrogen-bond donors (Lipinski definition) is 0. The maximum Gasteiger partial charge on any atom is 0.166 e. The Hall–Kier alpha value is -2.71. The minimum absolute atomic E-state index is 0.0789. The van der Waals surface area contributed by atoms with Crippen molar-refractivity contribution in [2.45, 2.75) is 59.8 Å². The SMILES string of the molecule is CCC(C(CCC(C)C)C(=O)c1ccc(C)cc1)C1Cc2cc(Cl)ccc2C(=O)C1Cc1ccccc1. The molecule has 4 unspecified atom stereocenters. The van der Waals surface area contributed by atoms with Crippen molar-refractivity contribution >= 4 is 23.2 Å². The average Bonchev–Trinajstić information content (AvgIpc) is 2.88. The van der Waals surface area contributed by atoms with Crippen LogP contribution in [0.4, 0.5) is 0 Å². The van der Waals surface area contributed by atoms with E-state index in [0.29, 0.717) is 17.4 Å². The molecule has 3 aromatic carbocycles. The second kappa shape index (κ2) is 12.2. The van der Waals surface area contributed by atoms with Gasteiger partial charge in [0.25, 0.3) is 0 Å². The summed E-state index contributed by atoms with van der Waals surface area (Å²) in [6.45, 7) is 8.67. The number of benzene rings is 3. The molecule has 4 rings (SSSR count). The fourth-order valence-electron chi connectivity index (χ4n) is 6.19. The summed E-state index contributed by atoms with van der Waals surface area (Å²) in [7, 11) is 0. The highest BCUT2D eigenvalue weighted by molar-refractivity contribution is 6.30. The summed E-state index contributed by atoms with van der Waals surface area (Å²) >= 11 is 6.38. The molecule has 3 aromatic rings. The van der Waals surface area contributed by atoms with Crippen molar-refractivity contribution in [2.24, 2.45) is 29.6 Å². The largest absolute Gasteiger partial charge is 0.294 e. The second-order valence-corrected chi connectivity index (χ2v) is 11.6. The van der Waals surface area contributed by atoms with Crippen molar-refractivity contribution in [3.05, 3.63) is 106 Å². The number of ketones is 2. The van der Waals surface area contributed by atoms with Crippen LogP contribution >= 0.6 is 11.6 Å². The molecule has 37 heavy (non-hydrogen) atoms. The van der Waals surface area contributed by atoms with Gasteiger partial charge in [-0.05, 0) is 73.3 Å². The summed E-state index contributed by atoms with van der Waals surface area (Å²) in [4.78, 5) is 28.1. The number of carbonyl (C=O) groups excluding carboxylic acids is 2. The number of halogens is 1. The summed E-state index contributed by atoms with van der Waals surface area (Å²) in [6.07, 6.45) is 4.16. The Balaban J connectivity index is 1.76. The van der Waals surface area contributed by atoms with Gasteiger partial charge in [-0.25, -0.2) is 0 Å². The molecule has 0 N–H and O–H groups in total. The van der Waals surface area contributed by atoms with Crippen LogP contribution in [0.15, 0.2) is 72.8 Å². The number of carbonyl (C=O) groups is 2. The van der Waals surface area contributed by atoms with Crippen molar-refractivity contribution in [3.63, 3.8) is 0 Å². The summed E-state index contributed by atoms with van der Waals surface area (Å²) in [5.74, 6) is 0.831. The van der Waals surface area contributed by atoms with Crippen molar-refractivity contribution in [2.75, 3.05) is 0 Å². The predicted octanol–water partition coefficient (Wildman–Crippen LogP) is 8.82. The quantitative estimate of drug-likeness (QED) is 0.253. The van der Waals surface area contributed by atoms with Crippen LogP contribution in [0.25, 0.3) is 0 Å². The number of Topliss-reactive ketones (excluding diaryl/α,β-unsaturated/α-hetero) is 2. The lowest BCUT2D eigenvalue weighted by atomic mass is 9.62. The van der Waals surface area contributed by atoms with E-state index in [-0.39, 0.29) is 35.2 Å². The third-order valence-electron chi connectivity index (χ3n) is 8.21. The van der Waals surface area contributed by atoms with Gasteiger partial charge in [-0.3, -0.25) is 9.59 Å². The topological polar surface area (TPSA) is 34.1 Å². The fourth-order valence-corrected chi connectivity index (χ4v) is 6.39. The highest BCUT2D eigenvalue weighted by Crippen LogP contribution is 2.43. The van der Waals surface area contributed by atoms with Gasteiger partial charge in [0.05, 0.1) is 0 Å². The van der Waals surface area contributed by atoms with E-state index in [4.69, 9.17) is 11.6 Å². The molecule has 1 aliphatic carbocycles. The zero-order valence-electron chi connectivity index (χ0n) is 22.5. The van der Waals surface area contributed by atoms with Gasteiger partial charge in [0, 0.05) is 28.0 Å². The molecule has 3 heteroatoms. The predicted molar refractivity (Wildman–Crippen MR) is 153 cm³/mol. The number of aryl methyl sites for hydroxylation is 1. The molecular weight excluding hydrogens is 476 g/mol. The first-order valence-corrected chi connectivity index (χ1v) is 14.1. The first kappa shape index (κ1) is 27.3. The molecule has 0 heterocycles. The molecule has 0 radical (unpaired) electrons. The maximum absolute atomic E-state index is 14.1. The molecule has 0 spiro atoms. The maximum atomic E-state index is 14.1. The Morgan fingerprint density at radius 2 is 1.68 bits per heavy atom. The van der Waals surface area contributed by atoms with Gasteiger partial charge in [0.1, 0.15) is 0 Å². The van der Waals surface area contributed by atoms with Gasteiger partial charge in [0.2, 0.25) is 0 Å². The van der Waals surface area contributed by atoms with Gasteiger partial charge >= 0.3 is 0 Å². The third-order valence-corrected chi connectivity index (χ3v) is 8.44. The van der Waals surface area contributed by atoms with Crippen LogP contribution < -0.4 is 0 Å². The minimum Gasteiger partial charge on any atom is -0.294 e. The van der Waals surface area contributed by atoms with E-state index in [2.05, 4.69) is 32.9 Å². The highest BCUT2D eigenvalue weighted by atomic mass is 35.5. The van der Waals surface area contributed by atoms with E-state index in [0.717, 1.165) is 47.9 Å². The van der Waals surface area contributed by atoms with Crippen LogP contribution in [0.5, 0.6) is 0 Å². The van der Waals surface area contributed by atoms with Crippen LogP contribution in [-0.2, 0) is 12.8 Å². The Labute approximate surface area is 227 Å². The van der Waals surface area contributed by atoms with Gasteiger partial charge in [-0.2, -0.15) is 0 Å². The van der Waals surface area contributed by atoms with Crippen molar-refractivity contribution in [1.82, 2.24) is 0 Å². The van der Waals surface area contributed by atoms with E-state index in [1.807, 2.05) is 67.6 Å². The average molecular weight is 515 g/mol. The zero-order valence-corrected chi connectivity index (χ0v) is 23.3. The van der Waals surface area contributed by atoms with E-state index in [9.17, 15) is 9.59 Å². The minimum atomic E-state index is -0.159. The lowest BCUT2D eigenvalue weighted by Gasteiger charge is -2.40. The lowest BCUT2D eigenvalue weighted by molar-refractivity contribution is 0.0641. The third kappa shape index (κ3) is 6.41. The molecular formula is C34H39ClO2. The van der Waals surface area contributed by atoms with Gasteiger partial charge in [0.15, 0.2) is 11.6 Å². The molecule has 2 nitrogen and oxygen atoms in total. The number of rotatable bonds is 10.